The number of nitrogens with one attached hydrogen (secondary N) is 2. The van der Waals surface area contributed by atoms with Gasteiger partial charge in [0.2, 0.25) is 0 Å². The van der Waals surface area contributed by atoms with Gasteiger partial charge in [-0.15, -0.1) is 0 Å². The second kappa shape index (κ2) is 9.34. The highest BCUT2D eigenvalue weighted by atomic mass is 16.6. The van der Waals surface area contributed by atoms with Gasteiger partial charge in [-0.25, -0.2) is 4.79 Å². The monoisotopic (exact) mass is 480 g/mol. The van der Waals surface area contributed by atoms with Crippen LogP contribution in [0.1, 0.15) is 51.2 Å². The Hall–Kier alpha value is -3.39. The molecule has 2 aromatic rings. The van der Waals surface area contributed by atoms with Crippen molar-refractivity contribution in [3.05, 3.63) is 59.7 Å². The van der Waals surface area contributed by atoms with Gasteiger partial charge in [-0.2, -0.15) is 0 Å². The average Bonchev–Trinajstić information content (AvgIpc) is 3.39. The minimum absolute atomic E-state index is 0.0638. The van der Waals surface area contributed by atoms with Crippen molar-refractivity contribution in [2.75, 3.05) is 13.2 Å². The molecule has 2 atom stereocenters. The summed E-state index contributed by atoms with van der Waals surface area (Å²) in [5.74, 6) is -1.56. The maximum absolute atomic E-state index is 12.9. The lowest BCUT2D eigenvalue weighted by Crippen LogP contribution is -2.60. The van der Waals surface area contributed by atoms with Crippen molar-refractivity contribution in [3.63, 3.8) is 0 Å². The van der Waals surface area contributed by atoms with Crippen molar-refractivity contribution < 1.29 is 29.0 Å². The number of benzene rings is 2. The van der Waals surface area contributed by atoms with Gasteiger partial charge < -0.3 is 25.2 Å². The zero-order chi connectivity index (χ0) is 25.4. The van der Waals surface area contributed by atoms with E-state index in [2.05, 4.69) is 22.8 Å². The average molecular weight is 481 g/mol. The molecule has 0 unspecified atom stereocenters. The van der Waals surface area contributed by atoms with Crippen LogP contribution in [0.4, 0.5) is 4.79 Å². The van der Waals surface area contributed by atoms with Gasteiger partial charge in [0, 0.05) is 12.5 Å². The summed E-state index contributed by atoms with van der Waals surface area (Å²) in [6.07, 6.45) is -1.10. The molecule has 4 rings (SSSR count). The van der Waals surface area contributed by atoms with Gasteiger partial charge in [-0.1, -0.05) is 48.5 Å². The highest BCUT2D eigenvalue weighted by molar-refractivity contribution is 5.85. The predicted octanol–water partition coefficient (Wildman–Crippen LogP) is 3.69. The van der Waals surface area contributed by atoms with Crippen molar-refractivity contribution in [2.45, 2.75) is 57.7 Å². The predicted molar refractivity (Wildman–Crippen MR) is 130 cm³/mol. The van der Waals surface area contributed by atoms with Crippen molar-refractivity contribution in [1.29, 1.82) is 0 Å². The van der Waals surface area contributed by atoms with E-state index in [4.69, 9.17) is 9.47 Å². The van der Waals surface area contributed by atoms with E-state index in [1.165, 1.54) is 0 Å². The standard InChI is InChI=1S/C27H32N2O6/c1-26(2,24(31)32)27(3,4)29-23(30)22-21(13-14-34-22)28-25(33)35-15-20-18-11-7-5-9-16(18)17-10-6-8-12-19(17)20/h5-12,20-22H,13-15H2,1-4H3,(H,28,33)(H,29,30)(H,31,32)/t21-,22+/m0/s1. The van der Waals surface area contributed by atoms with Crippen LogP contribution in [0, 0.1) is 5.41 Å². The van der Waals surface area contributed by atoms with Crippen molar-refractivity contribution in [1.82, 2.24) is 10.6 Å². The number of aliphatic carboxylic acids is 1. The molecule has 1 aliphatic carbocycles. The van der Waals surface area contributed by atoms with E-state index < -0.39 is 41.1 Å². The molecule has 1 fully saturated rings. The fraction of sp³-hybridized carbons (Fsp3) is 0.444. The molecule has 1 heterocycles. The number of carboxylic acid groups (broad SMARTS) is 1. The number of amides is 2. The number of carbonyl (C=O) groups excluding carboxylic acids is 2. The molecule has 186 valence electrons. The molecular formula is C27H32N2O6. The molecule has 0 radical (unpaired) electrons. The molecule has 2 amide bonds. The first-order chi connectivity index (χ1) is 16.5. The van der Waals surface area contributed by atoms with E-state index in [0.29, 0.717) is 13.0 Å². The van der Waals surface area contributed by atoms with Gasteiger partial charge in [0.1, 0.15) is 6.61 Å². The van der Waals surface area contributed by atoms with Crippen molar-refractivity contribution >= 4 is 18.0 Å². The maximum atomic E-state index is 12.9. The molecule has 0 bridgehead atoms. The maximum Gasteiger partial charge on any atom is 0.407 e. The lowest BCUT2D eigenvalue weighted by molar-refractivity contribution is -0.152. The first kappa shape index (κ1) is 24.7. The summed E-state index contributed by atoms with van der Waals surface area (Å²) in [5, 5.41) is 15.1. The Morgan fingerprint density at radius 1 is 1.00 bits per heavy atom. The Kier molecular flexibility index (Phi) is 6.60. The number of carbonyl (C=O) groups is 3. The van der Waals surface area contributed by atoms with Crippen LogP contribution in [-0.2, 0) is 19.1 Å². The SMILES string of the molecule is CC(C)(NC(=O)[C@@H]1OCC[C@@H]1NC(=O)OCC1c2ccccc2-c2ccccc21)C(C)(C)C(=O)O. The van der Waals surface area contributed by atoms with Crippen LogP contribution in [0.5, 0.6) is 0 Å². The van der Waals surface area contributed by atoms with E-state index in [-0.39, 0.29) is 12.5 Å². The molecule has 8 heteroatoms. The van der Waals surface area contributed by atoms with E-state index >= 15 is 0 Å². The molecule has 2 aromatic carbocycles. The summed E-state index contributed by atoms with van der Waals surface area (Å²) in [5.41, 5.74) is 2.26. The Morgan fingerprint density at radius 2 is 1.57 bits per heavy atom. The van der Waals surface area contributed by atoms with Gasteiger partial charge >= 0.3 is 12.1 Å². The molecule has 0 aromatic heterocycles. The highest BCUT2D eigenvalue weighted by Crippen LogP contribution is 2.44. The lowest BCUT2D eigenvalue weighted by Gasteiger charge is -2.39. The van der Waals surface area contributed by atoms with Crippen molar-refractivity contribution in [3.8, 4) is 11.1 Å². The fourth-order valence-electron chi connectivity index (χ4n) is 4.59. The first-order valence-corrected chi connectivity index (χ1v) is 11.8. The topological polar surface area (TPSA) is 114 Å². The van der Waals surface area contributed by atoms with Crippen LogP contribution in [-0.4, -0.2) is 54.0 Å². The zero-order valence-electron chi connectivity index (χ0n) is 20.5. The van der Waals surface area contributed by atoms with Gasteiger partial charge in [0.15, 0.2) is 6.10 Å². The largest absolute Gasteiger partial charge is 0.481 e. The normalized spacial score (nSPS) is 19.5. The summed E-state index contributed by atoms with van der Waals surface area (Å²) in [4.78, 5) is 37.3. The Morgan fingerprint density at radius 3 is 2.14 bits per heavy atom. The molecule has 1 saturated heterocycles. The van der Waals surface area contributed by atoms with E-state index in [1.807, 2.05) is 36.4 Å². The Bertz CT molecular complexity index is 1100. The number of alkyl carbamates (subject to hydrolysis) is 1. The summed E-state index contributed by atoms with van der Waals surface area (Å²) in [7, 11) is 0. The van der Waals surface area contributed by atoms with Crippen LogP contribution < -0.4 is 10.6 Å². The highest BCUT2D eigenvalue weighted by Gasteiger charge is 2.47. The van der Waals surface area contributed by atoms with E-state index in [1.54, 1.807) is 27.7 Å². The second-order valence-electron chi connectivity index (χ2n) is 10.2. The molecule has 8 nitrogen and oxygen atoms in total. The number of ether oxygens (including phenoxy) is 2. The third-order valence-corrected chi connectivity index (χ3v) is 7.53. The van der Waals surface area contributed by atoms with E-state index in [9.17, 15) is 19.5 Å². The third-order valence-electron chi connectivity index (χ3n) is 7.53. The van der Waals surface area contributed by atoms with Gasteiger partial charge in [0.05, 0.1) is 17.0 Å². The summed E-state index contributed by atoms with van der Waals surface area (Å²) in [6, 6.07) is 15.6. The minimum Gasteiger partial charge on any atom is -0.481 e. The third kappa shape index (κ3) is 4.62. The molecular weight excluding hydrogens is 448 g/mol. The summed E-state index contributed by atoms with van der Waals surface area (Å²) >= 11 is 0. The molecule has 35 heavy (non-hydrogen) atoms. The zero-order valence-corrected chi connectivity index (χ0v) is 20.5. The molecule has 3 N–H and O–H groups in total. The molecule has 0 spiro atoms. The van der Waals surface area contributed by atoms with Gasteiger partial charge in [0.25, 0.3) is 5.91 Å². The minimum atomic E-state index is -1.21. The number of carboxylic acids is 1. The smallest absolute Gasteiger partial charge is 0.407 e. The van der Waals surface area contributed by atoms with Gasteiger partial charge in [-0.05, 0) is 56.4 Å². The Labute approximate surface area is 205 Å². The van der Waals surface area contributed by atoms with E-state index in [0.717, 1.165) is 22.3 Å². The van der Waals surface area contributed by atoms with Crippen LogP contribution in [0.15, 0.2) is 48.5 Å². The number of fused-ring (bicyclic) bond motifs is 3. The van der Waals surface area contributed by atoms with Crippen LogP contribution in [0.3, 0.4) is 0 Å². The molecule has 2 aliphatic rings. The van der Waals surface area contributed by atoms with Crippen molar-refractivity contribution in [2.24, 2.45) is 5.41 Å². The molecule has 1 aliphatic heterocycles. The van der Waals surface area contributed by atoms with Crippen LogP contribution in [0.2, 0.25) is 0 Å². The summed E-state index contributed by atoms with van der Waals surface area (Å²) in [6.45, 7) is 6.89. The fourth-order valence-corrected chi connectivity index (χ4v) is 4.59. The second-order valence-corrected chi connectivity index (χ2v) is 10.2. The first-order valence-electron chi connectivity index (χ1n) is 11.8. The quantitative estimate of drug-likeness (QED) is 0.557. The number of hydrogen-bond acceptors (Lipinski definition) is 5. The van der Waals surface area contributed by atoms with Crippen LogP contribution >= 0.6 is 0 Å². The molecule has 0 saturated carbocycles. The van der Waals surface area contributed by atoms with Crippen LogP contribution in [0.25, 0.3) is 11.1 Å². The lowest BCUT2D eigenvalue weighted by atomic mass is 9.74. The Balaban J connectivity index is 1.38. The van der Waals surface area contributed by atoms with Gasteiger partial charge in [-0.3, -0.25) is 9.59 Å². The number of rotatable bonds is 7. The summed E-state index contributed by atoms with van der Waals surface area (Å²) < 4.78 is 11.2. The number of hydrogen-bond donors (Lipinski definition) is 3.